The molecular weight excluding hydrogens is 402 g/mol. The van der Waals surface area contributed by atoms with Gasteiger partial charge in [-0.1, -0.05) is 12.1 Å². The van der Waals surface area contributed by atoms with Gasteiger partial charge >= 0.3 is 0 Å². The summed E-state index contributed by atoms with van der Waals surface area (Å²) >= 11 is 0. The van der Waals surface area contributed by atoms with Gasteiger partial charge in [-0.3, -0.25) is 9.59 Å². The Kier molecular flexibility index (Phi) is 6.04. The average molecular weight is 440 g/mol. The minimum Gasteiger partial charge on any atom is -0.495 e. The number of anilines is 1. The molecular formula is C26H37N3O3. The van der Waals surface area contributed by atoms with Gasteiger partial charge < -0.3 is 20.3 Å². The van der Waals surface area contributed by atoms with Crippen molar-refractivity contribution < 1.29 is 14.3 Å². The first-order chi connectivity index (χ1) is 15.5. The smallest absolute Gasteiger partial charge is 0.226 e. The maximum atomic E-state index is 13.1. The fourth-order valence-electron chi connectivity index (χ4n) is 7.37. The SMILES string of the molecule is COc1ccccc1N1CCCC(NC(=O)CCNC(=O)C23CC4CC(CC(C4)C2)C3)C1. The molecule has 6 nitrogen and oxygen atoms in total. The van der Waals surface area contributed by atoms with E-state index in [0.29, 0.717) is 13.0 Å². The Bertz CT molecular complexity index is 819. The van der Waals surface area contributed by atoms with Gasteiger partial charge in [0.2, 0.25) is 11.8 Å². The van der Waals surface area contributed by atoms with Crippen molar-refractivity contribution in [2.24, 2.45) is 23.2 Å². The lowest BCUT2D eigenvalue weighted by Gasteiger charge is -2.55. The Morgan fingerprint density at radius 2 is 1.78 bits per heavy atom. The number of hydrogen-bond acceptors (Lipinski definition) is 4. The second kappa shape index (κ2) is 8.95. The Hall–Kier alpha value is -2.24. The monoisotopic (exact) mass is 439 g/mol. The molecule has 4 bridgehead atoms. The minimum absolute atomic E-state index is 0.0303. The molecule has 32 heavy (non-hydrogen) atoms. The first kappa shape index (κ1) is 21.6. The Morgan fingerprint density at radius 1 is 1.09 bits per heavy atom. The predicted octanol–water partition coefficient (Wildman–Crippen LogP) is 3.50. The molecule has 174 valence electrons. The first-order valence-corrected chi connectivity index (χ1v) is 12.5. The van der Waals surface area contributed by atoms with Crippen LogP contribution in [0.1, 0.15) is 57.8 Å². The van der Waals surface area contributed by atoms with Crippen LogP contribution in [-0.2, 0) is 9.59 Å². The van der Waals surface area contributed by atoms with E-state index in [9.17, 15) is 9.59 Å². The highest BCUT2D eigenvalue weighted by Gasteiger charge is 2.54. The van der Waals surface area contributed by atoms with Crippen LogP contribution in [0.15, 0.2) is 24.3 Å². The fraction of sp³-hybridized carbons (Fsp3) is 0.692. The number of para-hydroxylation sites is 2. The van der Waals surface area contributed by atoms with Crippen LogP contribution in [0.4, 0.5) is 5.69 Å². The van der Waals surface area contributed by atoms with E-state index < -0.39 is 0 Å². The summed E-state index contributed by atoms with van der Waals surface area (Å²) in [7, 11) is 1.69. The molecule has 6 rings (SSSR count). The molecule has 1 aromatic carbocycles. The zero-order valence-electron chi connectivity index (χ0n) is 19.3. The van der Waals surface area contributed by atoms with E-state index in [2.05, 4.69) is 21.6 Å². The Labute approximate surface area is 191 Å². The van der Waals surface area contributed by atoms with Gasteiger partial charge in [0.25, 0.3) is 0 Å². The normalized spacial score (nSPS) is 33.1. The van der Waals surface area contributed by atoms with Crippen molar-refractivity contribution in [2.75, 3.05) is 31.6 Å². The third-order valence-corrected chi connectivity index (χ3v) is 8.37. The topological polar surface area (TPSA) is 70.7 Å². The number of piperidine rings is 1. The molecule has 4 saturated carbocycles. The lowest BCUT2D eigenvalue weighted by Crippen LogP contribution is -2.54. The van der Waals surface area contributed by atoms with Crippen LogP contribution < -0.4 is 20.3 Å². The van der Waals surface area contributed by atoms with Gasteiger partial charge in [0, 0.05) is 37.5 Å². The number of nitrogens with zero attached hydrogens (tertiary/aromatic N) is 1. The summed E-state index contributed by atoms with van der Waals surface area (Å²) in [6.07, 6.45) is 9.58. The van der Waals surface area contributed by atoms with Gasteiger partial charge in [0.1, 0.15) is 5.75 Å². The largest absolute Gasteiger partial charge is 0.495 e. The molecule has 0 spiro atoms. The van der Waals surface area contributed by atoms with Crippen molar-refractivity contribution in [3.8, 4) is 5.75 Å². The molecule has 2 amide bonds. The molecule has 0 aromatic heterocycles. The standard InChI is InChI=1S/C26H37N3O3/c1-32-23-7-3-2-6-22(23)29-10-4-5-21(17-29)28-24(30)8-9-27-25(31)26-14-18-11-19(15-26)13-20(12-18)16-26/h2-3,6-7,18-21H,4-5,8-17H2,1H3,(H,27,31)(H,28,30). The van der Waals surface area contributed by atoms with Crippen LogP contribution >= 0.6 is 0 Å². The lowest BCUT2D eigenvalue weighted by molar-refractivity contribution is -0.146. The summed E-state index contributed by atoms with van der Waals surface area (Å²) in [4.78, 5) is 28.0. The van der Waals surface area contributed by atoms with Gasteiger partial charge in [-0.15, -0.1) is 0 Å². The Balaban J connectivity index is 1.09. The van der Waals surface area contributed by atoms with Crippen molar-refractivity contribution in [1.29, 1.82) is 0 Å². The maximum absolute atomic E-state index is 13.1. The van der Waals surface area contributed by atoms with Crippen LogP contribution in [0, 0.1) is 23.2 Å². The molecule has 1 unspecified atom stereocenters. The second-order valence-corrected chi connectivity index (χ2v) is 10.7. The number of benzene rings is 1. The van der Waals surface area contributed by atoms with E-state index in [1.807, 2.05) is 18.2 Å². The highest BCUT2D eigenvalue weighted by Crippen LogP contribution is 2.60. The first-order valence-electron chi connectivity index (χ1n) is 12.5. The van der Waals surface area contributed by atoms with Crippen LogP contribution in [0.25, 0.3) is 0 Å². The van der Waals surface area contributed by atoms with E-state index in [0.717, 1.165) is 74.4 Å². The van der Waals surface area contributed by atoms with E-state index in [4.69, 9.17) is 4.74 Å². The van der Waals surface area contributed by atoms with Crippen molar-refractivity contribution in [1.82, 2.24) is 10.6 Å². The number of amides is 2. The summed E-state index contributed by atoms with van der Waals surface area (Å²) < 4.78 is 5.51. The number of carbonyl (C=O) groups excluding carboxylic acids is 2. The molecule has 2 N–H and O–H groups in total. The molecule has 1 atom stereocenters. The van der Waals surface area contributed by atoms with Gasteiger partial charge in [-0.25, -0.2) is 0 Å². The van der Waals surface area contributed by atoms with Gasteiger partial charge in [-0.2, -0.15) is 0 Å². The van der Waals surface area contributed by atoms with E-state index in [1.165, 1.54) is 19.3 Å². The molecule has 6 heteroatoms. The molecule has 5 aliphatic rings. The summed E-state index contributed by atoms with van der Waals surface area (Å²) in [5.74, 6) is 3.38. The Morgan fingerprint density at radius 3 is 2.47 bits per heavy atom. The zero-order chi connectivity index (χ0) is 22.1. The number of carbonyl (C=O) groups is 2. The maximum Gasteiger partial charge on any atom is 0.226 e. The molecule has 1 heterocycles. The number of rotatable bonds is 7. The highest BCUT2D eigenvalue weighted by atomic mass is 16.5. The third-order valence-electron chi connectivity index (χ3n) is 8.37. The second-order valence-electron chi connectivity index (χ2n) is 10.7. The molecule has 1 aromatic rings. The van der Waals surface area contributed by atoms with Crippen molar-refractivity contribution in [3.05, 3.63) is 24.3 Å². The number of nitrogens with one attached hydrogen (secondary N) is 2. The van der Waals surface area contributed by atoms with Crippen LogP contribution in [-0.4, -0.2) is 44.6 Å². The minimum atomic E-state index is -0.135. The van der Waals surface area contributed by atoms with Crippen molar-refractivity contribution >= 4 is 17.5 Å². The average Bonchev–Trinajstić information content (AvgIpc) is 2.78. The molecule has 1 saturated heterocycles. The van der Waals surface area contributed by atoms with Gasteiger partial charge in [-0.05, 0) is 81.3 Å². The summed E-state index contributed by atoms with van der Waals surface area (Å²) in [5.41, 5.74) is 0.945. The third kappa shape index (κ3) is 4.33. The van der Waals surface area contributed by atoms with Crippen molar-refractivity contribution in [2.45, 2.75) is 63.8 Å². The van der Waals surface area contributed by atoms with Gasteiger partial charge in [0.15, 0.2) is 0 Å². The highest BCUT2D eigenvalue weighted by molar-refractivity contribution is 5.84. The number of hydrogen-bond donors (Lipinski definition) is 2. The van der Waals surface area contributed by atoms with Crippen molar-refractivity contribution in [3.63, 3.8) is 0 Å². The van der Waals surface area contributed by atoms with Crippen LogP contribution in [0.2, 0.25) is 0 Å². The molecule has 0 radical (unpaired) electrons. The van der Waals surface area contributed by atoms with E-state index >= 15 is 0 Å². The molecule has 1 aliphatic heterocycles. The van der Waals surface area contributed by atoms with E-state index in [1.54, 1.807) is 7.11 Å². The van der Waals surface area contributed by atoms with E-state index in [-0.39, 0.29) is 23.3 Å². The zero-order valence-corrected chi connectivity index (χ0v) is 19.3. The summed E-state index contributed by atoms with van der Waals surface area (Å²) in [5, 5.41) is 6.32. The number of ether oxygens (including phenoxy) is 1. The molecule has 5 fully saturated rings. The van der Waals surface area contributed by atoms with Gasteiger partial charge in [0.05, 0.1) is 12.8 Å². The quantitative estimate of drug-likeness (QED) is 0.682. The van der Waals surface area contributed by atoms with Crippen LogP contribution in [0.3, 0.4) is 0 Å². The molecule has 4 aliphatic carbocycles. The lowest BCUT2D eigenvalue weighted by atomic mass is 9.49. The summed E-state index contributed by atoms with van der Waals surface area (Å²) in [6, 6.07) is 8.17. The predicted molar refractivity (Wildman–Crippen MR) is 125 cm³/mol. The number of methoxy groups -OCH3 is 1. The van der Waals surface area contributed by atoms with Crippen LogP contribution in [0.5, 0.6) is 5.75 Å². The fourth-order valence-corrected chi connectivity index (χ4v) is 7.37. The summed E-state index contributed by atoms with van der Waals surface area (Å²) in [6.45, 7) is 2.19.